The van der Waals surface area contributed by atoms with Crippen molar-refractivity contribution in [3.05, 3.63) is 60.2 Å². The average molecular weight is 513 g/mol. The third-order valence-corrected chi connectivity index (χ3v) is 6.24. The summed E-state index contributed by atoms with van der Waals surface area (Å²) < 4.78 is 20.6. The molecule has 2 aromatic rings. The highest BCUT2D eigenvalue weighted by atomic mass is 16.6. The Balaban J connectivity index is 2.26. The van der Waals surface area contributed by atoms with Gasteiger partial charge in [0.25, 0.3) is 5.91 Å². The number of nitrogens with zero attached hydrogens (tertiary/aromatic N) is 1. The van der Waals surface area contributed by atoms with Gasteiger partial charge in [0.2, 0.25) is 0 Å². The third kappa shape index (κ3) is 5.15. The first-order chi connectivity index (χ1) is 17.8. The van der Waals surface area contributed by atoms with Crippen LogP contribution in [0.2, 0.25) is 0 Å². The number of carbonyl (C=O) groups is 4. The van der Waals surface area contributed by atoms with Crippen LogP contribution in [0.15, 0.2) is 54.6 Å². The second-order valence-electron chi connectivity index (χ2n) is 8.38. The van der Waals surface area contributed by atoms with E-state index in [0.29, 0.717) is 17.0 Å². The van der Waals surface area contributed by atoms with Crippen molar-refractivity contribution in [1.82, 2.24) is 5.32 Å². The van der Waals surface area contributed by atoms with E-state index in [0.717, 1.165) is 0 Å². The summed E-state index contributed by atoms with van der Waals surface area (Å²) in [4.78, 5) is 54.7. The van der Waals surface area contributed by atoms with Crippen molar-refractivity contribution in [3.63, 3.8) is 0 Å². The highest BCUT2D eigenvalue weighted by Gasteiger charge is 2.70. The molecule has 1 fully saturated rings. The molecule has 2 aromatic carbocycles. The number of hydrogen-bond acceptors (Lipinski definition) is 9. The number of esters is 3. The second kappa shape index (κ2) is 11.9. The lowest BCUT2D eigenvalue weighted by atomic mass is 9.66. The Labute approximate surface area is 215 Å². The van der Waals surface area contributed by atoms with Crippen LogP contribution in [-0.2, 0) is 33.4 Å². The molecule has 0 radical (unpaired) electrons. The van der Waals surface area contributed by atoms with Gasteiger partial charge in [-0.15, -0.1) is 0 Å². The predicted octanol–water partition coefficient (Wildman–Crippen LogP) is 2.42. The number of β-lactam (4-membered cyclic amide) rings is 1. The molecule has 1 N–H and O–H groups in total. The number of benzene rings is 2. The van der Waals surface area contributed by atoms with Gasteiger partial charge in [-0.05, 0) is 50.6 Å². The fourth-order valence-electron chi connectivity index (χ4n) is 4.65. The fraction of sp³-hybridized carbons (Fsp3) is 0.407. The van der Waals surface area contributed by atoms with E-state index in [1.54, 1.807) is 62.4 Å². The maximum Gasteiger partial charge on any atom is 0.322 e. The smallest absolute Gasteiger partial charge is 0.322 e. The Kier molecular flexibility index (Phi) is 8.88. The molecule has 1 unspecified atom stereocenters. The number of anilines is 1. The van der Waals surface area contributed by atoms with E-state index in [2.05, 4.69) is 5.32 Å². The van der Waals surface area contributed by atoms with Crippen LogP contribution in [0, 0.1) is 5.92 Å². The van der Waals surface area contributed by atoms with Crippen LogP contribution in [0.25, 0.3) is 0 Å². The molecule has 0 aromatic heterocycles. The minimum absolute atomic E-state index is 0.0240. The normalized spacial score (nSPS) is 19.6. The van der Waals surface area contributed by atoms with Crippen molar-refractivity contribution in [2.75, 3.05) is 32.3 Å². The fourth-order valence-corrected chi connectivity index (χ4v) is 4.65. The third-order valence-electron chi connectivity index (χ3n) is 6.24. The number of amides is 1. The zero-order valence-corrected chi connectivity index (χ0v) is 21.6. The predicted molar refractivity (Wildman–Crippen MR) is 134 cm³/mol. The molecule has 0 saturated carbocycles. The minimum atomic E-state index is -1.91. The van der Waals surface area contributed by atoms with E-state index in [1.807, 2.05) is 6.07 Å². The van der Waals surface area contributed by atoms with E-state index < -0.39 is 47.4 Å². The van der Waals surface area contributed by atoms with Gasteiger partial charge in [0.15, 0.2) is 5.92 Å². The zero-order chi connectivity index (χ0) is 27.2. The standard InChI is InChI=1S/C27H32N2O8/c1-6-36-24(31)21(25(32)37-7-2)27(28-17(3)23(30)35-5)22(18-11-9-8-10-12-18)29(26(27)33)19-13-15-20(34-4)16-14-19/h8-17,21-22,28H,6-7H2,1-5H3/t17?,22-,27-/m1/s1. The van der Waals surface area contributed by atoms with Gasteiger partial charge < -0.3 is 23.8 Å². The number of nitrogens with one attached hydrogen (secondary N) is 1. The zero-order valence-electron chi connectivity index (χ0n) is 21.6. The van der Waals surface area contributed by atoms with E-state index in [4.69, 9.17) is 18.9 Å². The summed E-state index contributed by atoms with van der Waals surface area (Å²) in [5.74, 6) is -4.26. The molecule has 0 spiro atoms. The first kappa shape index (κ1) is 27.7. The molecule has 198 valence electrons. The largest absolute Gasteiger partial charge is 0.497 e. The Morgan fingerprint density at radius 2 is 1.49 bits per heavy atom. The van der Waals surface area contributed by atoms with Gasteiger partial charge in [0.1, 0.15) is 17.3 Å². The Bertz CT molecular complexity index is 1100. The number of carbonyl (C=O) groups excluding carboxylic acids is 4. The summed E-state index contributed by atoms with van der Waals surface area (Å²) in [5, 5.41) is 2.99. The molecule has 1 heterocycles. The van der Waals surface area contributed by atoms with Crippen LogP contribution in [0.4, 0.5) is 5.69 Å². The van der Waals surface area contributed by atoms with Crippen LogP contribution in [-0.4, -0.2) is 62.8 Å². The van der Waals surface area contributed by atoms with Gasteiger partial charge in [-0.25, -0.2) is 0 Å². The lowest BCUT2D eigenvalue weighted by Gasteiger charge is -2.58. The Hall–Kier alpha value is -3.92. The SMILES string of the molecule is CCOC(=O)C(C(=O)OCC)[C@]1(NC(C)C(=O)OC)C(=O)N(c2ccc(OC)cc2)[C@@H]1c1ccccc1. The van der Waals surface area contributed by atoms with E-state index in [9.17, 15) is 19.2 Å². The molecule has 3 rings (SSSR count). The molecule has 1 amide bonds. The van der Waals surface area contributed by atoms with Crippen molar-refractivity contribution in [3.8, 4) is 5.75 Å². The molecule has 10 heteroatoms. The van der Waals surface area contributed by atoms with Crippen LogP contribution < -0.4 is 15.0 Å². The lowest BCUT2D eigenvalue weighted by molar-refractivity contribution is -0.174. The summed E-state index contributed by atoms with van der Waals surface area (Å²) in [6.07, 6.45) is 0. The highest BCUT2D eigenvalue weighted by molar-refractivity contribution is 6.16. The minimum Gasteiger partial charge on any atom is -0.497 e. The number of rotatable bonds is 11. The lowest BCUT2D eigenvalue weighted by Crippen LogP contribution is -2.81. The maximum absolute atomic E-state index is 14.2. The van der Waals surface area contributed by atoms with Gasteiger partial charge >= 0.3 is 17.9 Å². The van der Waals surface area contributed by atoms with Crippen molar-refractivity contribution in [1.29, 1.82) is 0 Å². The van der Waals surface area contributed by atoms with Crippen LogP contribution in [0.5, 0.6) is 5.75 Å². The van der Waals surface area contributed by atoms with Gasteiger partial charge in [-0.1, -0.05) is 30.3 Å². The highest BCUT2D eigenvalue weighted by Crippen LogP contribution is 2.51. The molecule has 0 aliphatic carbocycles. The molecule has 0 bridgehead atoms. The van der Waals surface area contributed by atoms with Crippen LogP contribution >= 0.6 is 0 Å². The molecule has 37 heavy (non-hydrogen) atoms. The van der Waals surface area contributed by atoms with Crippen molar-refractivity contribution in [2.45, 2.75) is 38.4 Å². The molecular weight excluding hydrogens is 480 g/mol. The van der Waals surface area contributed by atoms with Crippen molar-refractivity contribution in [2.24, 2.45) is 5.92 Å². The van der Waals surface area contributed by atoms with Crippen molar-refractivity contribution >= 4 is 29.5 Å². The monoisotopic (exact) mass is 512 g/mol. The average Bonchev–Trinajstić information content (AvgIpc) is 2.91. The van der Waals surface area contributed by atoms with Gasteiger partial charge in [-0.3, -0.25) is 24.5 Å². The molecule has 10 nitrogen and oxygen atoms in total. The summed E-state index contributed by atoms with van der Waals surface area (Å²) in [7, 11) is 2.74. The topological polar surface area (TPSA) is 120 Å². The molecular formula is C27H32N2O8. The summed E-state index contributed by atoms with van der Waals surface area (Å²) >= 11 is 0. The van der Waals surface area contributed by atoms with E-state index >= 15 is 0 Å². The second-order valence-corrected chi connectivity index (χ2v) is 8.38. The van der Waals surface area contributed by atoms with E-state index in [-0.39, 0.29) is 13.2 Å². The number of hydrogen-bond donors (Lipinski definition) is 1. The molecule has 3 atom stereocenters. The number of methoxy groups -OCH3 is 2. The first-order valence-corrected chi connectivity index (χ1v) is 12.0. The summed E-state index contributed by atoms with van der Waals surface area (Å²) in [5.41, 5.74) is -0.775. The quantitative estimate of drug-likeness (QED) is 0.209. The van der Waals surface area contributed by atoms with Gasteiger partial charge in [0.05, 0.1) is 33.5 Å². The van der Waals surface area contributed by atoms with Gasteiger partial charge in [0, 0.05) is 5.69 Å². The Morgan fingerprint density at radius 1 is 0.919 bits per heavy atom. The summed E-state index contributed by atoms with van der Waals surface area (Å²) in [6, 6.07) is 13.8. The first-order valence-electron chi connectivity index (χ1n) is 12.0. The number of ether oxygens (including phenoxy) is 4. The summed E-state index contributed by atoms with van der Waals surface area (Å²) in [6.45, 7) is 4.64. The molecule has 1 aliphatic rings. The molecule has 1 saturated heterocycles. The maximum atomic E-state index is 14.2. The molecule has 1 aliphatic heterocycles. The van der Waals surface area contributed by atoms with Crippen LogP contribution in [0.3, 0.4) is 0 Å². The Morgan fingerprint density at radius 3 is 1.97 bits per heavy atom. The van der Waals surface area contributed by atoms with Crippen LogP contribution in [0.1, 0.15) is 32.4 Å². The van der Waals surface area contributed by atoms with Crippen molar-refractivity contribution < 1.29 is 38.1 Å². The van der Waals surface area contributed by atoms with E-state index in [1.165, 1.54) is 26.0 Å². The van der Waals surface area contributed by atoms with Gasteiger partial charge in [-0.2, -0.15) is 0 Å².